The number of halogens is 1. The summed E-state index contributed by atoms with van der Waals surface area (Å²) in [7, 11) is 3.84. The molecule has 94 valence electrons. The molecule has 1 N–H and O–H groups in total. The van der Waals surface area contributed by atoms with Gasteiger partial charge in [0.1, 0.15) is 0 Å². The van der Waals surface area contributed by atoms with Gasteiger partial charge in [-0.2, -0.15) is 5.10 Å². The Morgan fingerprint density at radius 1 is 1.47 bits per heavy atom. The van der Waals surface area contributed by atoms with Crippen LogP contribution in [-0.2, 0) is 7.05 Å². The van der Waals surface area contributed by atoms with Crippen LogP contribution in [0.5, 0.6) is 0 Å². The lowest BCUT2D eigenvalue weighted by Crippen LogP contribution is -2.43. The van der Waals surface area contributed by atoms with E-state index in [1.54, 1.807) is 17.9 Å². The van der Waals surface area contributed by atoms with Gasteiger partial charge in [-0.05, 0) is 33.0 Å². The van der Waals surface area contributed by atoms with Crippen molar-refractivity contribution in [2.45, 2.75) is 18.9 Å². The van der Waals surface area contributed by atoms with Gasteiger partial charge in [0.15, 0.2) is 5.69 Å². The normalized spacial score (nSPS) is 18.3. The highest BCUT2D eigenvalue weighted by Crippen LogP contribution is 2.14. The number of aryl methyl sites for hydroxylation is 1. The molecule has 1 saturated heterocycles. The molecule has 1 amide bonds. The number of hydrogen-bond acceptors (Lipinski definition) is 3. The molecule has 6 heteroatoms. The summed E-state index contributed by atoms with van der Waals surface area (Å²) in [6.45, 7) is 2.03. The third-order valence-electron chi connectivity index (χ3n) is 3.05. The van der Waals surface area contributed by atoms with Crippen molar-refractivity contribution in [1.82, 2.24) is 20.0 Å². The molecule has 0 atom stereocenters. The first-order chi connectivity index (χ1) is 8.06. The van der Waals surface area contributed by atoms with E-state index in [9.17, 15) is 4.79 Å². The van der Waals surface area contributed by atoms with Crippen LogP contribution in [-0.4, -0.2) is 46.8 Å². The quantitative estimate of drug-likeness (QED) is 0.855. The maximum Gasteiger partial charge on any atom is 0.273 e. The van der Waals surface area contributed by atoms with Gasteiger partial charge in [-0.25, -0.2) is 0 Å². The first-order valence-corrected chi connectivity index (χ1v) is 6.12. The van der Waals surface area contributed by atoms with E-state index in [2.05, 4.69) is 22.4 Å². The van der Waals surface area contributed by atoms with Crippen molar-refractivity contribution in [2.75, 3.05) is 20.1 Å². The summed E-state index contributed by atoms with van der Waals surface area (Å²) in [5, 5.41) is 7.44. The minimum atomic E-state index is -0.176. The van der Waals surface area contributed by atoms with Crippen molar-refractivity contribution in [3.8, 4) is 0 Å². The Balaban J connectivity index is 1.95. The number of amides is 1. The molecule has 0 radical (unpaired) electrons. The Bertz CT molecular complexity index is 410. The molecule has 1 aliphatic heterocycles. The summed E-state index contributed by atoms with van der Waals surface area (Å²) in [6.07, 6.45) is 3.59. The summed E-state index contributed by atoms with van der Waals surface area (Å²) in [5.74, 6) is -0.176. The van der Waals surface area contributed by atoms with Crippen LogP contribution in [0.4, 0.5) is 0 Å². The average molecular weight is 257 g/mol. The number of carbonyl (C=O) groups excluding carboxylic acids is 1. The van der Waals surface area contributed by atoms with E-state index < -0.39 is 0 Å². The number of hydrogen-bond donors (Lipinski definition) is 1. The van der Waals surface area contributed by atoms with Crippen LogP contribution >= 0.6 is 11.6 Å². The van der Waals surface area contributed by atoms with Crippen LogP contribution < -0.4 is 5.32 Å². The number of nitrogens with one attached hydrogen (secondary N) is 1. The van der Waals surface area contributed by atoms with Crippen LogP contribution in [0.1, 0.15) is 23.3 Å². The van der Waals surface area contributed by atoms with E-state index in [0.717, 1.165) is 25.9 Å². The van der Waals surface area contributed by atoms with Crippen molar-refractivity contribution in [3.05, 3.63) is 16.9 Å². The summed E-state index contributed by atoms with van der Waals surface area (Å²) < 4.78 is 1.55. The molecule has 17 heavy (non-hydrogen) atoms. The van der Waals surface area contributed by atoms with E-state index in [0.29, 0.717) is 10.7 Å². The Morgan fingerprint density at radius 2 is 2.12 bits per heavy atom. The zero-order valence-electron chi connectivity index (χ0n) is 10.1. The second-order valence-corrected chi connectivity index (χ2v) is 4.96. The fraction of sp³-hybridized carbons (Fsp3) is 0.636. The van der Waals surface area contributed by atoms with Crippen molar-refractivity contribution < 1.29 is 4.79 Å². The highest BCUT2D eigenvalue weighted by atomic mass is 35.5. The number of aromatic nitrogens is 2. The first-order valence-electron chi connectivity index (χ1n) is 5.75. The van der Waals surface area contributed by atoms with E-state index >= 15 is 0 Å². The molecule has 1 aliphatic rings. The molecule has 1 aromatic heterocycles. The molecular weight excluding hydrogens is 240 g/mol. The maximum atomic E-state index is 11.9. The van der Waals surface area contributed by atoms with E-state index in [1.807, 2.05) is 0 Å². The highest BCUT2D eigenvalue weighted by Gasteiger charge is 2.21. The number of rotatable bonds is 2. The van der Waals surface area contributed by atoms with E-state index in [-0.39, 0.29) is 11.9 Å². The molecule has 0 aliphatic carbocycles. The van der Waals surface area contributed by atoms with Crippen molar-refractivity contribution in [2.24, 2.45) is 7.05 Å². The van der Waals surface area contributed by atoms with Gasteiger partial charge >= 0.3 is 0 Å². The number of nitrogens with zero attached hydrogens (tertiary/aromatic N) is 3. The number of carbonyl (C=O) groups is 1. The van der Waals surface area contributed by atoms with Crippen molar-refractivity contribution in [1.29, 1.82) is 0 Å². The summed E-state index contributed by atoms with van der Waals surface area (Å²) >= 11 is 5.93. The lowest BCUT2D eigenvalue weighted by atomic mass is 10.1. The smallest absolute Gasteiger partial charge is 0.273 e. The van der Waals surface area contributed by atoms with Crippen molar-refractivity contribution in [3.63, 3.8) is 0 Å². The lowest BCUT2D eigenvalue weighted by Gasteiger charge is -2.29. The van der Waals surface area contributed by atoms with Crippen LogP contribution in [0.25, 0.3) is 0 Å². The zero-order valence-corrected chi connectivity index (χ0v) is 10.9. The van der Waals surface area contributed by atoms with Gasteiger partial charge in [-0.15, -0.1) is 0 Å². The van der Waals surface area contributed by atoms with Gasteiger partial charge in [-0.3, -0.25) is 9.48 Å². The fourth-order valence-electron chi connectivity index (χ4n) is 2.02. The molecule has 0 unspecified atom stereocenters. The molecule has 5 nitrogen and oxygen atoms in total. The summed E-state index contributed by atoms with van der Waals surface area (Å²) in [6, 6.07) is 0.233. The van der Waals surface area contributed by atoms with E-state index in [4.69, 9.17) is 11.6 Å². The van der Waals surface area contributed by atoms with Gasteiger partial charge in [0.25, 0.3) is 5.91 Å². The minimum absolute atomic E-state index is 0.176. The SMILES string of the molecule is CN1CCC(NC(=O)c2nn(C)cc2Cl)CC1. The lowest BCUT2D eigenvalue weighted by molar-refractivity contribution is 0.0911. The highest BCUT2D eigenvalue weighted by molar-refractivity contribution is 6.33. The van der Waals surface area contributed by atoms with Crippen LogP contribution in [0.3, 0.4) is 0 Å². The van der Waals surface area contributed by atoms with Crippen LogP contribution in [0.15, 0.2) is 6.20 Å². The van der Waals surface area contributed by atoms with Gasteiger partial charge in [-0.1, -0.05) is 11.6 Å². The Labute approximate surface area is 106 Å². The third-order valence-corrected chi connectivity index (χ3v) is 3.33. The van der Waals surface area contributed by atoms with Gasteiger partial charge < -0.3 is 10.2 Å². The largest absolute Gasteiger partial charge is 0.348 e. The molecule has 0 bridgehead atoms. The Kier molecular flexibility index (Phi) is 3.69. The topological polar surface area (TPSA) is 50.2 Å². The molecule has 0 aromatic carbocycles. The third kappa shape index (κ3) is 2.98. The first kappa shape index (κ1) is 12.4. The predicted octanol–water partition coefficient (Wildman–Crippen LogP) is 0.897. The number of piperidine rings is 1. The van der Waals surface area contributed by atoms with E-state index in [1.165, 1.54) is 0 Å². The molecule has 0 saturated carbocycles. The summed E-state index contributed by atoms with van der Waals surface area (Å²) in [4.78, 5) is 14.2. The Morgan fingerprint density at radius 3 is 2.65 bits per heavy atom. The van der Waals surface area contributed by atoms with Crippen LogP contribution in [0, 0.1) is 0 Å². The number of likely N-dealkylation sites (tertiary alicyclic amines) is 1. The van der Waals surface area contributed by atoms with Crippen molar-refractivity contribution >= 4 is 17.5 Å². The average Bonchev–Trinajstić information content (AvgIpc) is 2.61. The monoisotopic (exact) mass is 256 g/mol. The van der Waals surface area contributed by atoms with Gasteiger partial charge in [0.05, 0.1) is 5.02 Å². The molecule has 0 spiro atoms. The maximum absolute atomic E-state index is 11.9. The Hall–Kier alpha value is -1.07. The fourth-order valence-corrected chi connectivity index (χ4v) is 2.28. The van der Waals surface area contributed by atoms with Gasteiger partial charge in [0, 0.05) is 19.3 Å². The summed E-state index contributed by atoms with van der Waals surface area (Å²) in [5.41, 5.74) is 0.313. The zero-order chi connectivity index (χ0) is 12.4. The molecular formula is C11H17ClN4O. The van der Waals surface area contributed by atoms with Gasteiger partial charge in [0.2, 0.25) is 0 Å². The predicted molar refractivity (Wildman–Crippen MR) is 66.2 cm³/mol. The molecule has 1 aromatic rings. The molecule has 2 heterocycles. The second-order valence-electron chi connectivity index (χ2n) is 4.55. The standard InChI is InChI=1S/C11H17ClN4O/c1-15-5-3-8(4-6-15)13-11(17)10-9(12)7-16(2)14-10/h7-8H,3-6H2,1-2H3,(H,13,17). The second kappa shape index (κ2) is 5.06. The minimum Gasteiger partial charge on any atom is -0.348 e. The molecule has 1 fully saturated rings. The molecule has 2 rings (SSSR count). The van der Waals surface area contributed by atoms with Crippen LogP contribution in [0.2, 0.25) is 5.02 Å².